The Kier molecular flexibility index (Phi) is 6.28. The van der Waals surface area contributed by atoms with Gasteiger partial charge in [0.2, 0.25) is 0 Å². The first-order chi connectivity index (χ1) is 16.4. The van der Waals surface area contributed by atoms with Gasteiger partial charge in [-0.1, -0.05) is 36.4 Å². The van der Waals surface area contributed by atoms with Crippen LogP contribution in [-0.4, -0.2) is 70.6 Å². The van der Waals surface area contributed by atoms with Gasteiger partial charge >= 0.3 is 0 Å². The smallest absolute Gasteiger partial charge is 0.262 e. The quantitative estimate of drug-likeness (QED) is 0.603. The molecular formula is C25H29FN4O3S. The third kappa shape index (κ3) is 4.17. The molecule has 0 spiro atoms. The lowest BCUT2D eigenvalue weighted by Gasteiger charge is -2.57. The van der Waals surface area contributed by atoms with Gasteiger partial charge in [-0.2, -0.15) is 4.31 Å². The molecule has 0 bridgehead atoms. The number of aryl methyl sites for hydroxylation is 1. The van der Waals surface area contributed by atoms with E-state index >= 15 is 0 Å². The molecule has 3 atom stereocenters. The van der Waals surface area contributed by atoms with Crippen LogP contribution in [0, 0.1) is 5.82 Å². The summed E-state index contributed by atoms with van der Waals surface area (Å²) < 4.78 is 43.5. The van der Waals surface area contributed by atoms with Crippen molar-refractivity contribution in [1.29, 1.82) is 0 Å². The highest BCUT2D eigenvalue weighted by molar-refractivity contribution is 7.89. The van der Waals surface area contributed by atoms with Crippen molar-refractivity contribution in [3.63, 3.8) is 0 Å². The molecule has 2 aliphatic rings. The van der Waals surface area contributed by atoms with Crippen molar-refractivity contribution in [2.45, 2.75) is 35.9 Å². The molecule has 0 saturated carbocycles. The van der Waals surface area contributed by atoms with Gasteiger partial charge in [0.15, 0.2) is 5.03 Å². The van der Waals surface area contributed by atoms with Crippen molar-refractivity contribution in [1.82, 2.24) is 18.8 Å². The third-order valence-corrected chi connectivity index (χ3v) is 8.82. The van der Waals surface area contributed by atoms with Gasteiger partial charge < -0.3 is 9.67 Å². The molecule has 1 N–H and O–H groups in total. The number of imidazole rings is 1. The van der Waals surface area contributed by atoms with Crippen LogP contribution in [0.25, 0.3) is 11.1 Å². The number of nitrogens with zero attached hydrogens (tertiary/aromatic N) is 4. The van der Waals surface area contributed by atoms with Crippen molar-refractivity contribution < 1.29 is 17.9 Å². The third-order valence-electron chi connectivity index (χ3n) is 7.07. The summed E-state index contributed by atoms with van der Waals surface area (Å²) in [5.41, 5.74) is 2.77. The molecule has 2 aromatic carbocycles. The number of benzene rings is 2. The van der Waals surface area contributed by atoms with Crippen molar-refractivity contribution in [3.05, 3.63) is 72.4 Å². The van der Waals surface area contributed by atoms with Gasteiger partial charge in [-0.15, -0.1) is 0 Å². The van der Waals surface area contributed by atoms with E-state index in [0.29, 0.717) is 13.1 Å². The largest absolute Gasteiger partial charge is 0.395 e. The molecule has 0 amide bonds. The molecule has 0 aliphatic carbocycles. The minimum atomic E-state index is -3.70. The predicted octanol–water partition coefficient (Wildman–Crippen LogP) is 2.84. The molecule has 2 saturated heterocycles. The first-order valence-corrected chi connectivity index (χ1v) is 13.0. The van der Waals surface area contributed by atoms with E-state index in [1.807, 2.05) is 30.3 Å². The van der Waals surface area contributed by atoms with E-state index in [1.54, 1.807) is 22.0 Å². The lowest BCUT2D eigenvalue weighted by atomic mass is 9.74. The number of fused-ring (bicyclic) bond motifs is 1. The maximum atomic E-state index is 13.6. The van der Waals surface area contributed by atoms with Crippen molar-refractivity contribution in [3.8, 4) is 11.1 Å². The average molecular weight is 485 g/mol. The Morgan fingerprint density at radius 3 is 2.53 bits per heavy atom. The number of sulfonamides is 1. The fourth-order valence-electron chi connectivity index (χ4n) is 5.35. The van der Waals surface area contributed by atoms with Crippen molar-refractivity contribution >= 4 is 10.0 Å². The normalized spacial score (nSPS) is 24.1. The number of hydrogen-bond acceptors (Lipinski definition) is 5. The fourth-order valence-corrected chi connectivity index (χ4v) is 6.81. The summed E-state index contributed by atoms with van der Waals surface area (Å²) in [4.78, 5) is 6.33. The number of hydrogen-bond donors (Lipinski definition) is 1. The van der Waals surface area contributed by atoms with Gasteiger partial charge in [-0.3, -0.25) is 4.90 Å². The van der Waals surface area contributed by atoms with E-state index in [-0.39, 0.29) is 35.5 Å². The molecular weight excluding hydrogens is 455 g/mol. The number of aliphatic hydroxyl groups is 1. The number of halogens is 1. The van der Waals surface area contributed by atoms with Gasteiger partial charge in [0, 0.05) is 44.3 Å². The minimum Gasteiger partial charge on any atom is -0.395 e. The van der Waals surface area contributed by atoms with Crippen LogP contribution in [0.2, 0.25) is 0 Å². The first kappa shape index (κ1) is 23.2. The van der Waals surface area contributed by atoms with Crippen LogP contribution in [0.4, 0.5) is 4.39 Å². The Bertz CT molecular complexity index is 1260. The minimum absolute atomic E-state index is 0.00564. The predicted molar refractivity (Wildman–Crippen MR) is 127 cm³/mol. The topological polar surface area (TPSA) is 78.7 Å². The van der Waals surface area contributed by atoms with Crippen LogP contribution in [0.15, 0.2) is 66.1 Å². The molecule has 2 fully saturated rings. The second kappa shape index (κ2) is 9.22. The van der Waals surface area contributed by atoms with E-state index in [0.717, 1.165) is 36.1 Å². The Balaban J connectivity index is 1.42. The molecule has 3 aromatic rings. The van der Waals surface area contributed by atoms with Crippen molar-refractivity contribution in [2.75, 3.05) is 26.2 Å². The lowest BCUT2D eigenvalue weighted by Crippen LogP contribution is -2.67. The van der Waals surface area contributed by atoms with Crippen LogP contribution in [0.3, 0.4) is 0 Å². The second-order valence-electron chi connectivity index (χ2n) is 9.16. The van der Waals surface area contributed by atoms with Crippen molar-refractivity contribution in [2.24, 2.45) is 7.05 Å². The Labute approximate surface area is 199 Å². The molecule has 3 heterocycles. The summed E-state index contributed by atoms with van der Waals surface area (Å²) in [6.07, 6.45) is 4.66. The first-order valence-electron chi connectivity index (χ1n) is 11.6. The maximum absolute atomic E-state index is 13.6. The SMILES string of the molecule is Cn1cnc(S(=O)(=O)N2CCCCN3[C@@H](CO)[C@@H](c4ccc(-c5cccc(F)c5)cc4)[C@@H]3C2)c1. The molecule has 0 radical (unpaired) electrons. The van der Waals surface area contributed by atoms with Crippen LogP contribution >= 0.6 is 0 Å². The standard InChI is InChI=1S/C25H29FN4O3S/c1-28-15-24(27-17-28)34(32,33)29-11-2-3-12-30-22(14-29)25(23(30)16-31)19-9-7-18(8-10-19)20-5-4-6-21(26)13-20/h4-10,13,15,17,22-23,25,31H,2-3,11-12,14,16H2,1H3/t22-,23-,25-/m0/s1. The van der Waals surface area contributed by atoms with Gasteiger partial charge in [-0.25, -0.2) is 17.8 Å². The molecule has 0 unspecified atom stereocenters. The van der Waals surface area contributed by atoms with Crippen LogP contribution < -0.4 is 0 Å². The summed E-state index contributed by atoms with van der Waals surface area (Å²) in [6.45, 7) is 1.66. The highest BCUT2D eigenvalue weighted by atomic mass is 32.2. The second-order valence-corrected chi connectivity index (χ2v) is 11.0. The number of aliphatic hydroxyl groups excluding tert-OH is 1. The average Bonchev–Trinajstić information content (AvgIpc) is 3.25. The van der Waals surface area contributed by atoms with Gasteiger partial charge in [0.05, 0.1) is 12.9 Å². The molecule has 34 heavy (non-hydrogen) atoms. The van der Waals surface area contributed by atoms with E-state index in [9.17, 15) is 17.9 Å². The summed E-state index contributed by atoms with van der Waals surface area (Å²) in [5, 5.41) is 10.2. The van der Waals surface area contributed by atoms with Crippen LogP contribution in [-0.2, 0) is 17.1 Å². The number of aromatic nitrogens is 2. The summed E-state index contributed by atoms with van der Waals surface area (Å²) in [7, 11) is -1.95. The van der Waals surface area contributed by atoms with E-state index in [1.165, 1.54) is 24.7 Å². The molecule has 5 rings (SSSR count). The summed E-state index contributed by atoms with van der Waals surface area (Å²) >= 11 is 0. The van der Waals surface area contributed by atoms with E-state index in [4.69, 9.17) is 0 Å². The van der Waals surface area contributed by atoms with Crippen LogP contribution in [0.1, 0.15) is 24.3 Å². The molecule has 1 aromatic heterocycles. The zero-order valence-corrected chi connectivity index (χ0v) is 19.9. The highest BCUT2D eigenvalue weighted by Crippen LogP contribution is 2.43. The Morgan fingerprint density at radius 2 is 1.85 bits per heavy atom. The van der Waals surface area contributed by atoms with E-state index in [2.05, 4.69) is 9.88 Å². The van der Waals surface area contributed by atoms with Crippen LogP contribution in [0.5, 0.6) is 0 Å². The summed E-state index contributed by atoms with van der Waals surface area (Å²) in [5.74, 6) is -0.272. The van der Waals surface area contributed by atoms with Gasteiger partial charge in [0.25, 0.3) is 10.0 Å². The van der Waals surface area contributed by atoms with Gasteiger partial charge in [-0.05, 0) is 48.2 Å². The molecule has 7 nitrogen and oxygen atoms in total. The van der Waals surface area contributed by atoms with Gasteiger partial charge in [0.1, 0.15) is 5.82 Å². The molecule has 2 aliphatic heterocycles. The highest BCUT2D eigenvalue weighted by Gasteiger charge is 2.50. The van der Waals surface area contributed by atoms with E-state index < -0.39 is 10.0 Å². The lowest BCUT2D eigenvalue weighted by molar-refractivity contribution is -0.0554. The number of rotatable bonds is 5. The monoisotopic (exact) mass is 484 g/mol. The molecule has 180 valence electrons. The fraction of sp³-hybridized carbons (Fsp3) is 0.400. The Hall–Kier alpha value is -2.59. The zero-order chi connectivity index (χ0) is 23.9. The molecule has 9 heteroatoms. The summed E-state index contributed by atoms with van der Waals surface area (Å²) in [6, 6.07) is 14.4. The maximum Gasteiger partial charge on any atom is 0.262 e. The Morgan fingerprint density at radius 1 is 1.09 bits per heavy atom. The zero-order valence-electron chi connectivity index (χ0n) is 19.1.